The topological polar surface area (TPSA) is 58.1 Å². The summed E-state index contributed by atoms with van der Waals surface area (Å²) >= 11 is 1.65. The van der Waals surface area contributed by atoms with Gasteiger partial charge >= 0.3 is 0 Å². The van der Waals surface area contributed by atoms with E-state index < -0.39 is 10.8 Å². The van der Waals surface area contributed by atoms with E-state index in [1.54, 1.807) is 11.3 Å². The summed E-state index contributed by atoms with van der Waals surface area (Å²) in [6.45, 7) is 5.55. The van der Waals surface area contributed by atoms with Gasteiger partial charge in [0.15, 0.2) is 0 Å². The minimum absolute atomic E-state index is 0.636. The summed E-state index contributed by atoms with van der Waals surface area (Å²) in [5.74, 6) is 3.33. The maximum absolute atomic E-state index is 11.4. The standard InChI is InChI=1S/C14H20N4OS2/c1-2-4-15-13-11-3-7-20-14(11)17-12(16-13)10-18-5-8-21(19)9-6-18/h3,7H,2,4-6,8-10H2,1H3,(H,15,16,17). The van der Waals surface area contributed by atoms with E-state index in [0.29, 0.717) is 0 Å². The average Bonchev–Trinajstić information content (AvgIpc) is 2.95. The predicted molar refractivity (Wildman–Crippen MR) is 89.3 cm³/mol. The van der Waals surface area contributed by atoms with E-state index in [4.69, 9.17) is 4.98 Å². The second kappa shape index (κ2) is 6.81. The third-order valence-electron chi connectivity index (χ3n) is 3.55. The van der Waals surface area contributed by atoms with Crippen LogP contribution in [0.5, 0.6) is 0 Å². The number of hydrogen-bond acceptors (Lipinski definition) is 6. The lowest BCUT2D eigenvalue weighted by Crippen LogP contribution is -2.37. The summed E-state index contributed by atoms with van der Waals surface area (Å²) in [4.78, 5) is 12.7. The van der Waals surface area contributed by atoms with Gasteiger partial charge in [0.25, 0.3) is 0 Å². The summed E-state index contributed by atoms with van der Waals surface area (Å²) in [5.41, 5.74) is 0. The summed E-state index contributed by atoms with van der Waals surface area (Å²) in [6.07, 6.45) is 1.07. The van der Waals surface area contributed by atoms with Crippen LogP contribution in [0.4, 0.5) is 5.82 Å². The Hall–Kier alpha value is -1.05. The first kappa shape index (κ1) is 14.9. The molecule has 1 saturated heterocycles. The smallest absolute Gasteiger partial charge is 0.146 e. The number of rotatable bonds is 5. The van der Waals surface area contributed by atoms with E-state index in [-0.39, 0.29) is 0 Å². The molecule has 0 aromatic carbocycles. The van der Waals surface area contributed by atoms with Crippen molar-refractivity contribution in [1.29, 1.82) is 0 Å². The van der Waals surface area contributed by atoms with Crippen LogP contribution in [-0.2, 0) is 17.3 Å². The van der Waals surface area contributed by atoms with Crippen LogP contribution in [0, 0.1) is 0 Å². The van der Waals surface area contributed by atoms with Gasteiger partial charge in [-0.2, -0.15) is 0 Å². The number of hydrogen-bond donors (Lipinski definition) is 1. The van der Waals surface area contributed by atoms with Gasteiger partial charge in [-0.3, -0.25) is 9.11 Å². The zero-order valence-electron chi connectivity index (χ0n) is 12.2. The molecule has 1 aliphatic rings. The lowest BCUT2D eigenvalue weighted by atomic mass is 10.3. The van der Waals surface area contributed by atoms with Crippen LogP contribution in [0.2, 0.25) is 0 Å². The van der Waals surface area contributed by atoms with Crippen molar-refractivity contribution in [1.82, 2.24) is 14.9 Å². The first-order chi connectivity index (χ1) is 10.3. The largest absolute Gasteiger partial charge is 0.369 e. The number of thiophene rings is 1. The Morgan fingerprint density at radius 3 is 2.95 bits per heavy atom. The minimum atomic E-state index is -0.636. The molecule has 0 saturated carbocycles. The molecule has 1 fully saturated rings. The van der Waals surface area contributed by atoms with Gasteiger partial charge in [0, 0.05) is 41.9 Å². The van der Waals surface area contributed by atoms with Gasteiger partial charge in [0.2, 0.25) is 0 Å². The normalized spacial score (nSPS) is 17.4. The van der Waals surface area contributed by atoms with Crippen LogP contribution < -0.4 is 5.32 Å². The Balaban J connectivity index is 1.79. The highest BCUT2D eigenvalue weighted by Gasteiger charge is 2.17. The van der Waals surface area contributed by atoms with Gasteiger partial charge in [-0.15, -0.1) is 11.3 Å². The maximum atomic E-state index is 11.4. The Kier molecular flexibility index (Phi) is 4.82. The molecule has 114 valence electrons. The van der Waals surface area contributed by atoms with E-state index in [1.165, 1.54) is 0 Å². The first-order valence-corrected chi connectivity index (χ1v) is 9.68. The average molecular weight is 324 g/mol. The molecule has 0 radical (unpaired) electrons. The minimum Gasteiger partial charge on any atom is -0.369 e. The van der Waals surface area contributed by atoms with E-state index in [0.717, 1.165) is 66.0 Å². The van der Waals surface area contributed by atoms with Crippen molar-refractivity contribution >= 4 is 38.2 Å². The second-order valence-electron chi connectivity index (χ2n) is 5.18. The second-order valence-corrected chi connectivity index (χ2v) is 7.77. The summed E-state index contributed by atoms with van der Waals surface area (Å²) < 4.78 is 11.4. The fourth-order valence-corrected chi connectivity index (χ4v) is 4.29. The molecular weight excluding hydrogens is 304 g/mol. The van der Waals surface area contributed by atoms with Gasteiger partial charge in [-0.05, 0) is 17.9 Å². The fraction of sp³-hybridized carbons (Fsp3) is 0.571. The number of aromatic nitrogens is 2. The van der Waals surface area contributed by atoms with E-state index in [2.05, 4.69) is 33.6 Å². The fourth-order valence-electron chi connectivity index (χ4n) is 2.38. The third-order valence-corrected chi connectivity index (χ3v) is 5.63. The van der Waals surface area contributed by atoms with Crippen molar-refractivity contribution in [2.24, 2.45) is 0 Å². The van der Waals surface area contributed by atoms with Crippen LogP contribution in [0.3, 0.4) is 0 Å². The number of fused-ring (bicyclic) bond motifs is 1. The summed E-state index contributed by atoms with van der Waals surface area (Å²) in [6, 6.07) is 2.08. The van der Waals surface area contributed by atoms with Crippen LogP contribution in [0.1, 0.15) is 19.2 Å². The monoisotopic (exact) mass is 324 g/mol. The van der Waals surface area contributed by atoms with Crippen molar-refractivity contribution in [2.75, 3.05) is 36.5 Å². The lowest BCUT2D eigenvalue weighted by Gasteiger charge is -2.25. The number of anilines is 1. The van der Waals surface area contributed by atoms with Gasteiger partial charge in [-0.25, -0.2) is 9.97 Å². The molecule has 1 aliphatic heterocycles. The van der Waals surface area contributed by atoms with Crippen LogP contribution in [-0.4, -0.2) is 50.2 Å². The molecule has 0 atom stereocenters. The molecule has 0 spiro atoms. The summed E-state index contributed by atoms with van der Waals surface area (Å²) in [7, 11) is -0.636. The molecule has 2 aromatic rings. The molecule has 1 N–H and O–H groups in total. The van der Waals surface area contributed by atoms with Crippen LogP contribution in [0.25, 0.3) is 10.2 Å². The first-order valence-electron chi connectivity index (χ1n) is 7.31. The zero-order chi connectivity index (χ0) is 14.7. The highest BCUT2D eigenvalue weighted by atomic mass is 32.2. The SMILES string of the molecule is CCCNc1nc(CN2CCS(=O)CC2)nc2sccc12. The van der Waals surface area contributed by atoms with Crippen molar-refractivity contribution in [2.45, 2.75) is 19.9 Å². The van der Waals surface area contributed by atoms with Gasteiger partial charge in [-0.1, -0.05) is 6.92 Å². The van der Waals surface area contributed by atoms with Gasteiger partial charge in [0.05, 0.1) is 11.9 Å². The van der Waals surface area contributed by atoms with Crippen LogP contribution >= 0.6 is 11.3 Å². The molecule has 3 rings (SSSR count). The van der Waals surface area contributed by atoms with E-state index in [9.17, 15) is 4.21 Å². The highest BCUT2D eigenvalue weighted by Crippen LogP contribution is 2.25. The lowest BCUT2D eigenvalue weighted by molar-refractivity contribution is 0.284. The molecular formula is C14H20N4OS2. The molecule has 0 unspecified atom stereocenters. The molecule has 0 aliphatic carbocycles. The van der Waals surface area contributed by atoms with E-state index in [1.807, 2.05) is 0 Å². The van der Waals surface area contributed by atoms with Crippen molar-refractivity contribution in [3.63, 3.8) is 0 Å². The quantitative estimate of drug-likeness (QED) is 0.912. The molecule has 2 aromatic heterocycles. The molecule has 0 bridgehead atoms. The number of nitrogens with zero attached hydrogens (tertiary/aromatic N) is 3. The Morgan fingerprint density at radius 1 is 1.38 bits per heavy atom. The molecule has 3 heterocycles. The predicted octanol–water partition coefficient (Wildman–Crippen LogP) is 2.08. The van der Waals surface area contributed by atoms with Gasteiger partial charge < -0.3 is 5.32 Å². The molecule has 5 nitrogen and oxygen atoms in total. The number of nitrogens with one attached hydrogen (secondary N) is 1. The van der Waals surface area contributed by atoms with Gasteiger partial charge in [0.1, 0.15) is 16.5 Å². The van der Waals surface area contributed by atoms with E-state index >= 15 is 0 Å². The molecule has 7 heteroatoms. The Labute approximate surface area is 131 Å². The maximum Gasteiger partial charge on any atom is 0.146 e. The Bertz CT molecular complexity index is 633. The van der Waals surface area contributed by atoms with Crippen molar-refractivity contribution in [3.8, 4) is 0 Å². The zero-order valence-corrected chi connectivity index (χ0v) is 13.8. The molecule has 21 heavy (non-hydrogen) atoms. The molecule has 0 amide bonds. The van der Waals surface area contributed by atoms with Crippen molar-refractivity contribution < 1.29 is 4.21 Å². The third kappa shape index (κ3) is 3.59. The van der Waals surface area contributed by atoms with Crippen molar-refractivity contribution in [3.05, 3.63) is 17.3 Å². The summed E-state index contributed by atoms with van der Waals surface area (Å²) in [5, 5.41) is 6.56. The Morgan fingerprint density at radius 2 is 2.19 bits per heavy atom. The highest BCUT2D eigenvalue weighted by molar-refractivity contribution is 7.85. The van der Waals surface area contributed by atoms with Crippen LogP contribution in [0.15, 0.2) is 11.4 Å².